The summed E-state index contributed by atoms with van der Waals surface area (Å²) in [6.07, 6.45) is 3.55. The summed E-state index contributed by atoms with van der Waals surface area (Å²) >= 11 is 0. The largest absolute Gasteiger partial charge is 0.347 e. The molecule has 5 rings (SSSR count). The van der Waals surface area contributed by atoms with Crippen LogP contribution < -0.4 is 5.32 Å². The summed E-state index contributed by atoms with van der Waals surface area (Å²) in [6, 6.07) is 20.2. The van der Waals surface area contributed by atoms with Gasteiger partial charge in [-0.25, -0.2) is 4.68 Å². The van der Waals surface area contributed by atoms with Gasteiger partial charge in [0, 0.05) is 18.0 Å². The Morgan fingerprint density at radius 3 is 2.46 bits per heavy atom. The smallest absolute Gasteiger partial charge is 0.272 e. The molecule has 2 aliphatic carbocycles. The molecule has 1 N–H and O–H groups in total. The Hall–Kier alpha value is -2.88. The van der Waals surface area contributed by atoms with Crippen molar-refractivity contribution in [3.8, 4) is 5.69 Å². The third kappa shape index (κ3) is 2.45. The summed E-state index contributed by atoms with van der Waals surface area (Å²) in [4.78, 5) is 12.9. The zero-order valence-electron chi connectivity index (χ0n) is 14.6. The van der Waals surface area contributed by atoms with E-state index in [1.54, 1.807) is 0 Å². The van der Waals surface area contributed by atoms with Gasteiger partial charge < -0.3 is 5.32 Å². The second-order valence-corrected chi connectivity index (χ2v) is 7.27. The van der Waals surface area contributed by atoms with Crippen LogP contribution in [0.5, 0.6) is 0 Å². The van der Waals surface area contributed by atoms with Crippen LogP contribution in [-0.2, 0) is 6.54 Å². The summed E-state index contributed by atoms with van der Waals surface area (Å²) in [6.45, 7) is 0.529. The van der Waals surface area contributed by atoms with Crippen LogP contribution in [0.1, 0.15) is 58.4 Å². The van der Waals surface area contributed by atoms with Crippen LogP contribution in [0, 0.1) is 0 Å². The molecule has 1 saturated carbocycles. The molecule has 0 saturated heterocycles. The van der Waals surface area contributed by atoms with Gasteiger partial charge >= 0.3 is 0 Å². The number of carbonyl (C=O) groups is 1. The van der Waals surface area contributed by atoms with E-state index in [4.69, 9.17) is 5.10 Å². The van der Waals surface area contributed by atoms with Crippen LogP contribution in [0.3, 0.4) is 0 Å². The number of carbonyl (C=O) groups excluding carboxylic acids is 1. The molecule has 2 aromatic carbocycles. The van der Waals surface area contributed by atoms with Crippen molar-refractivity contribution in [2.75, 3.05) is 0 Å². The minimum Gasteiger partial charge on any atom is -0.347 e. The second-order valence-electron chi connectivity index (χ2n) is 7.27. The maximum absolute atomic E-state index is 12.9. The fourth-order valence-corrected chi connectivity index (χ4v) is 4.53. The summed E-state index contributed by atoms with van der Waals surface area (Å²) in [5.74, 6) is 0.968. The van der Waals surface area contributed by atoms with Gasteiger partial charge in [0.2, 0.25) is 0 Å². The Kier molecular flexibility index (Phi) is 3.63. The summed E-state index contributed by atoms with van der Waals surface area (Å²) in [7, 11) is 0. The topological polar surface area (TPSA) is 46.9 Å². The highest BCUT2D eigenvalue weighted by atomic mass is 16.1. The zero-order valence-corrected chi connectivity index (χ0v) is 14.6. The SMILES string of the molecule is O=C(NCc1ccccc1)c1nn(-c2ccccc2)c2c1C1CCC2C1. The fraction of sp³-hybridized carbons (Fsp3) is 0.273. The van der Waals surface area contributed by atoms with Crippen LogP contribution in [0.4, 0.5) is 0 Å². The molecular weight excluding hydrogens is 322 g/mol. The first kappa shape index (κ1) is 15.4. The lowest BCUT2D eigenvalue weighted by molar-refractivity contribution is 0.0944. The van der Waals surface area contributed by atoms with Gasteiger partial charge in [-0.05, 0) is 42.9 Å². The van der Waals surface area contributed by atoms with E-state index in [9.17, 15) is 4.79 Å². The van der Waals surface area contributed by atoms with Crippen molar-refractivity contribution in [1.82, 2.24) is 15.1 Å². The molecule has 26 heavy (non-hydrogen) atoms. The molecule has 2 atom stereocenters. The first-order chi connectivity index (χ1) is 12.8. The molecule has 0 spiro atoms. The molecule has 0 radical (unpaired) electrons. The third-order valence-electron chi connectivity index (χ3n) is 5.70. The highest BCUT2D eigenvalue weighted by Gasteiger charge is 2.44. The number of hydrogen-bond acceptors (Lipinski definition) is 2. The van der Waals surface area contributed by atoms with E-state index in [1.165, 1.54) is 30.5 Å². The van der Waals surface area contributed by atoms with Gasteiger partial charge in [0.05, 0.1) is 11.4 Å². The zero-order chi connectivity index (χ0) is 17.5. The molecule has 0 aliphatic heterocycles. The van der Waals surface area contributed by atoms with E-state index in [2.05, 4.69) is 17.4 Å². The van der Waals surface area contributed by atoms with Crippen molar-refractivity contribution >= 4 is 5.91 Å². The molecule has 1 aromatic heterocycles. The number of fused-ring (bicyclic) bond motifs is 5. The van der Waals surface area contributed by atoms with Crippen molar-refractivity contribution in [3.63, 3.8) is 0 Å². The molecule has 1 amide bonds. The average Bonchev–Trinajstić information content (AvgIpc) is 3.40. The standard InChI is InChI=1S/C22H21N3O/c26-22(23-14-15-7-3-1-4-8-15)20-19-16-11-12-17(13-16)21(19)25(24-20)18-9-5-2-6-10-18/h1-10,16-17H,11-14H2,(H,23,26). The second kappa shape index (κ2) is 6.13. The molecule has 2 aliphatic rings. The Morgan fingerprint density at radius 2 is 1.69 bits per heavy atom. The fourth-order valence-electron chi connectivity index (χ4n) is 4.53. The molecule has 4 nitrogen and oxygen atoms in total. The van der Waals surface area contributed by atoms with Crippen LogP contribution in [0.2, 0.25) is 0 Å². The van der Waals surface area contributed by atoms with Crippen LogP contribution in [-0.4, -0.2) is 15.7 Å². The Bertz CT molecular complexity index is 946. The molecule has 2 bridgehead atoms. The lowest BCUT2D eigenvalue weighted by atomic mass is 9.95. The average molecular weight is 343 g/mol. The van der Waals surface area contributed by atoms with Crippen molar-refractivity contribution in [3.05, 3.63) is 83.2 Å². The molecule has 1 heterocycles. The normalized spacial score (nSPS) is 20.2. The molecule has 3 aromatic rings. The Labute approximate surface area is 152 Å². The highest BCUT2D eigenvalue weighted by Crippen LogP contribution is 2.54. The summed E-state index contributed by atoms with van der Waals surface area (Å²) in [5, 5.41) is 7.81. The molecule has 130 valence electrons. The van der Waals surface area contributed by atoms with Crippen molar-refractivity contribution in [1.29, 1.82) is 0 Å². The molecule has 4 heteroatoms. The first-order valence-corrected chi connectivity index (χ1v) is 9.31. The van der Waals surface area contributed by atoms with E-state index < -0.39 is 0 Å². The van der Waals surface area contributed by atoms with E-state index in [0.29, 0.717) is 24.1 Å². The first-order valence-electron chi connectivity index (χ1n) is 9.31. The summed E-state index contributed by atoms with van der Waals surface area (Å²) < 4.78 is 2.01. The molecular formula is C22H21N3O. The van der Waals surface area contributed by atoms with Crippen molar-refractivity contribution in [2.45, 2.75) is 37.6 Å². The maximum Gasteiger partial charge on any atom is 0.272 e. The van der Waals surface area contributed by atoms with Crippen molar-refractivity contribution in [2.24, 2.45) is 0 Å². The van der Waals surface area contributed by atoms with Crippen LogP contribution in [0.25, 0.3) is 5.69 Å². The predicted molar refractivity (Wildman–Crippen MR) is 101 cm³/mol. The minimum atomic E-state index is -0.0627. The predicted octanol–water partition coefficient (Wildman–Crippen LogP) is 4.17. The van der Waals surface area contributed by atoms with Gasteiger partial charge in [-0.1, -0.05) is 48.5 Å². The maximum atomic E-state index is 12.9. The molecule has 2 unspecified atom stereocenters. The van der Waals surface area contributed by atoms with Gasteiger partial charge in [0.15, 0.2) is 5.69 Å². The van der Waals surface area contributed by atoms with Crippen LogP contribution in [0.15, 0.2) is 60.7 Å². The van der Waals surface area contributed by atoms with E-state index >= 15 is 0 Å². The van der Waals surface area contributed by atoms with E-state index in [0.717, 1.165) is 11.3 Å². The van der Waals surface area contributed by atoms with Gasteiger partial charge in [-0.2, -0.15) is 5.10 Å². The number of nitrogens with zero attached hydrogens (tertiary/aromatic N) is 2. The van der Waals surface area contributed by atoms with Crippen molar-refractivity contribution < 1.29 is 4.79 Å². The summed E-state index contributed by atoms with van der Waals surface area (Å²) in [5.41, 5.74) is 5.21. The number of amides is 1. The lowest BCUT2D eigenvalue weighted by Gasteiger charge is -2.13. The van der Waals surface area contributed by atoms with E-state index in [-0.39, 0.29) is 5.91 Å². The Balaban J connectivity index is 1.50. The number of hydrogen-bond donors (Lipinski definition) is 1. The minimum absolute atomic E-state index is 0.0627. The van der Waals surface area contributed by atoms with Gasteiger partial charge in [0.1, 0.15) is 0 Å². The van der Waals surface area contributed by atoms with Gasteiger partial charge in [-0.3, -0.25) is 4.79 Å². The highest BCUT2D eigenvalue weighted by molar-refractivity contribution is 5.94. The van der Waals surface area contributed by atoms with Crippen LogP contribution >= 0.6 is 0 Å². The monoisotopic (exact) mass is 343 g/mol. The Morgan fingerprint density at radius 1 is 1.00 bits per heavy atom. The van der Waals surface area contributed by atoms with Gasteiger partial charge in [-0.15, -0.1) is 0 Å². The number of aromatic nitrogens is 2. The third-order valence-corrected chi connectivity index (χ3v) is 5.70. The number of benzene rings is 2. The quantitative estimate of drug-likeness (QED) is 0.773. The van der Waals surface area contributed by atoms with Gasteiger partial charge in [0.25, 0.3) is 5.91 Å². The lowest BCUT2D eigenvalue weighted by Crippen LogP contribution is -2.24. The van der Waals surface area contributed by atoms with E-state index in [1.807, 2.05) is 53.2 Å². The number of para-hydroxylation sites is 1. The number of nitrogens with one attached hydrogen (secondary N) is 1. The number of rotatable bonds is 4. The molecule has 1 fully saturated rings.